The molecule has 1 aliphatic rings. The number of aromatic nitrogens is 1. The van der Waals surface area contributed by atoms with Crippen molar-refractivity contribution in [2.75, 3.05) is 23.3 Å². The number of thioether (sulfide) groups is 1. The Kier molecular flexibility index (Phi) is 3.05. The van der Waals surface area contributed by atoms with Crippen molar-refractivity contribution in [2.24, 2.45) is 0 Å². The van der Waals surface area contributed by atoms with Gasteiger partial charge in [-0.15, -0.1) is 0 Å². The number of nitrogens with one attached hydrogen (secondary N) is 1. The molecule has 1 unspecified atom stereocenters. The third kappa shape index (κ3) is 2.78. The second-order valence-corrected chi connectivity index (χ2v) is 5.94. The van der Waals surface area contributed by atoms with Gasteiger partial charge in [-0.25, -0.2) is 0 Å². The summed E-state index contributed by atoms with van der Waals surface area (Å²) in [6.45, 7) is 3.31. The minimum absolute atomic E-state index is 0.380. The van der Waals surface area contributed by atoms with Crippen LogP contribution in [0.1, 0.15) is 19.8 Å². The molecule has 2 rings (SSSR count). The lowest BCUT2D eigenvalue weighted by Gasteiger charge is -2.23. The van der Waals surface area contributed by atoms with Crippen LogP contribution >= 0.6 is 11.8 Å². The van der Waals surface area contributed by atoms with E-state index in [0.717, 1.165) is 12.2 Å². The average Bonchev–Trinajstić information content (AvgIpc) is 2.63. The highest BCUT2D eigenvalue weighted by Gasteiger charge is 2.28. The maximum atomic E-state index is 5.67. The van der Waals surface area contributed by atoms with E-state index in [1.165, 1.54) is 18.6 Å². The molecule has 4 heteroatoms. The predicted octanol–water partition coefficient (Wildman–Crippen LogP) is 2.36. The fraction of sp³-hybridized carbons (Fsp3) is 0.545. The van der Waals surface area contributed by atoms with E-state index in [1.54, 1.807) is 6.20 Å². The Morgan fingerprint density at radius 3 is 3.13 bits per heavy atom. The number of hydrogen-bond donors (Lipinski definition) is 2. The van der Waals surface area contributed by atoms with Crippen LogP contribution < -0.4 is 11.1 Å². The minimum atomic E-state index is 0.380. The van der Waals surface area contributed by atoms with Crippen LogP contribution in [-0.4, -0.2) is 22.0 Å². The van der Waals surface area contributed by atoms with E-state index >= 15 is 0 Å². The molecular weight excluding hydrogens is 206 g/mol. The summed E-state index contributed by atoms with van der Waals surface area (Å²) in [4.78, 5) is 4.06. The predicted molar refractivity (Wildman–Crippen MR) is 67.2 cm³/mol. The third-order valence-corrected chi connectivity index (χ3v) is 4.26. The van der Waals surface area contributed by atoms with Crippen LogP contribution in [0.15, 0.2) is 18.5 Å². The summed E-state index contributed by atoms with van der Waals surface area (Å²) in [5.41, 5.74) is 7.40. The molecule has 2 heterocycles. The van der Waals surface area contributed by atoms with Gasteiger partial charge >= 0.3 is 0 Å². The van der Waals surface area contributed by atoms with E-state index in [1.807, 2.05) is 12.3 Å². The topological polar surface area (TPSA) is 50.9 Å². The van der Waals surface area contributed by atoms with E-state index < -0.39 is 0 Å². The van der Waals surface area contributed by atoms with Gasteiger partial charge < -0.3 is 11.1 Å². The molecular formula is C11H17N3S. The summed E-state index contributed by atoms with van der Waals surface area (Å²) >= 11 is 2.05. The molecule has 0 aliphatic carbocycles. The fourth-order valence-corrected chi connectivity index (χ4v) is 3.06. The smallest absolute Gasteiger partial charge is 0.0547 e. The van der Waals surface area contributed by atoms with Crippen molar-refractivity contribution in [2.45, 2.75) is 24.5 Å². The van der Waals surface area contributed by atoms with E-state index in [9.17, 15) is 0 Å². The first kappa shape index (κ1) is 10.6. The summed E-state index contributed by atoms with van der Waals surface area (Å²) in [6.07, 6.45) is 6.11. The third-order valence-electron chi connectivity index (χ3n) is 2.73. The zero-order valence-electron chi connectivity index (χ0n) is 8.99. The molecule has 0 saturated carbocycles. The minimum Gasteiger partial charge on any atom is -0.397 e. The average molecular weight is 223 g/mol. The fourth-order valence-electron chi connectivity index (χ4n) is 1.82. The monoisotopic (exact) mass is 223 g/mol. The molecule has 15 heavy (non-hydrogen) atoms. The van der Waals surface area contributed by atoms with Gasteiger partial charge in [0.05, 0.1) is 17.6 Å². The molecule has 0 amide bonds. The number of nitrogen functional groups attached to an aromatic ring is 1. The van der Waals surface area contributed by atoms with Gasteiger partial charge in [-0.2, -0.15) is 11.8 Å². The van der Waals surface area contributed by atoms with Gasteiger partial charge in [0.15, 0.2) is 0 Å². The highest BCUT2D eigenvalue weighted by atomic mass is 32.2. The molecule has 1 atom stereocenters. The van der Waals surface area contributed by atoms with Crippen LogP contribution in [-0.2, 0) is 0 Å². The summed E-state index contributed by atoms with van der Waals surface area (Å²) in [5, 5.41) is 3.40. The van der Waals surface area contributed by atoms with Crippen molar-refractivity contribution in [1.29, 1.82) is 0 Å². The second-order valence-electron chi connectivity index (χ2n) is 4.26. The SMILES string of the molecule is CC1(CNc2cncc(N)c2)CCCS1. The first-order chi connectivity index (χ1) is 7.18. The summed E-state index contributed by atoms with van der Waals surface area (Å²) in [7, 11) is 0. The quantitative estimate of drug-likeness (QED) is 0.826. The van der Waals surface area contributed by atoms with Crippen molar-refractivity contribution in [3.8, 4) is 0 Å². The highest BCUT2D eigenvalue weighted by Crippen LogP contribution is 2.37. The van der Waals surface area contributed by atoms with Crippen molar-refractivity contribution in [3.05, 3.63) is 18.5 Å². The Morgan fingerprint density at radius 1 is 1.60 bits per heavy atom. The maximum absolute atomic E-state index is 5.67. The molecule has 1 aromatic heterocycles. The number of nitrogens with zero attached hydrogens (tertiary/aromatic N) is 1. The molecule has 0 bridgehead atoms. The van der Waals surface area contributed by atoms with Gasteiger partial charge in [0, 0.05) is 17.5 Å². The summed E-state index contributed by atoms with van der Waals surface area (Å²) in [6, 6.07) is 1.93. The van der Waals surface area contributed by atoms with Gasteiger partial charge in [-0.1, -0.05) is 0 Å². The Bertz CT molecular complexity index is 334. The van der Waals surface area contributed by atoms with Crippen LogP contribution in [0.2, 0.25) is 0 Å². The maximum Gasteiger partial charge on any atom is 0.0547 e. The van der Waals surface area contributed by atoms with Gasteiger partial charge in [-0.3, -0.25) is 4.98 Å². The Hall–Kier alpha value is -0.900. The standard InChI is InChI=1S/C11H17N3S/c1-11(3-2-4-15-11)8-14-10-5-9(12)6-13-7-10/h5-7,14H,2-4,8,12H2,1H3. The Labute approximate surface area is 94.8 Å². The lowest BCUT2D eigenvalue weighted by molar-refractivity contribution is 0.635. The van der Waals surface area contributed by atoms with Gasteiger partial charge in [0.2, 0.25) is 0 Å². The molecule has 1 aromatic rings. The van der Waals surface area contributed by atoms with E-state index in [2.05, 4.69) is 29.0 Å². The first-order valence-electron chi connectivity index (χ1n) is 5.26. The van der Waals surface area contributed by atoms with Crippen LogP contribution in [0, 0.1) is 0 Å². The van der Waals surface area contributed by atoms with Crippen molar-refractivity contribution in [1.82, 2.24) is 4.98 Å². The molecule has 0 radical (unpaired) electrons. The number of pyridine rings is 1. The normalized spacial score (nSPS) is 25.4. The molecule has 3 N–H and O–H groups in total. The molecule has 0 spiro atoms. The van der Waals surface area contributed by atoms with E-state index in [0.29, 0.717) is 10.4 Å². The van der Waals surface area contributed by atoms with Crippen molar-refractivity contribution < 1.29 is 0 Å². The molecule has 1 saturated heterocycles. The first-order valence-corrected chi connectivity index (χ1v) is 6.25. The zero-order valence-corrected chi connectivity index (χ0v) is 9.81. The van der Waals surface area contributed by atoms with Gasteiger partial charge in [-0.05, 0) is 31.6 Å². The van der Waals surface area contributed by atoms with E-state index in [-0.39, 0.29) is 0 Å². The number of nitrogens with two attached hydrogens (primary N) is 1. The number of anilines is 2. The lowest BCUT2D eigenvalue weighted by atomic mass is 10.1. The van der Waals surface area contributed by atoms with Gasteiger partial charge in [0.1, 0.15) is 0 Å². The van der Waals surface area contributed by atoms with E-state index in [4.69, 9.17) is 5.73 Å². The number of rotatable bonds is 3. The molecule has 1 fully saturated rings. The largest absolute Gasteiger partial charge is 0.397 e. The zero-order chi connectivity index (χ0) is 10.7. The van der Waals surface area contributed by atoms with Crippen LogP contribution in [0.5, 0.6) is 0 Å². The highest BCUT2D eigenvalue weighted by molar-refractivity contribution is 8.00. The molecule has 1 aliphatic heterocycles. The molecule has 3 nitrogen and oxygen atoms in total. The Balaban J connectivity index is 1.92. The van der Waals surface area contributed by atoms with Gasteiger partial charge in [0.25, 0.3) is 0 Å². The van der Waals surface area contributed by atoms with Crippen LogP contribution in [0.4, 0.5) is 11.4 Å². The summed E-state index contributed by atoms with van der Waals surface area (Å²) < 4.78 is 0.380. The Morgan fingerprint density at radius 2 is 2.47 bits per heavy atom. The molecule has 0 aromatic carbocycles. The van der Waals surface area contributed by atoms with Crippen LogP contribution in [0.3, 0.4) is 0 Å². The summed E-state index contributed by atoms with van der Waals surface area (Å²) in [5.74, 6) is 1.29. The van der Waals surface area contributed by atoms with Crippen molar-refractivity contribution in [3.63, 3.8) is 0 Å². The van der Waals surface area contributed by atoms with Crippen molar-refractivity contribution >= 4 is 23.1 Å². The molecule has 82 valence electrons. The van der Waals surface area contributed by atoms with Crippen LogP contribution in [0.25, 0.3) is 0 Å². The second kappa shape index (κ2) is 4.31. The lowest BCUT2D eigenvalue weighted by Crippen LogP contribution is -2.27. The number of hydrogen-bond acceptors (Lipinski definition) is 4.